The molecule has 1 aliphatic heterocycles. The Morgan fingerprint density at radius 3 is 2.32 bits per heavy atom. The monoisotopic (exact) mass is 350 g/mol. The fourth-order valence-electron chi connectivity index (χ4n) is 2.74. The molecule has 1 heterocycles. The Morgan fingerprint density at radius 2 is 1.47 bits per heavy atom. The Morgan fingerprint density at radius 1 is 0.684 bits per heavy atom. The predicted molar refractivity (Wildman–Crippen MR) is 84.4 cm³/mol. The zero-order chi connectivity index (χ0) is 12.7. The van der Waals surface area contributed by atoms with Gasteiger partial charge in [0.05, 0.1) is 0 Å². The van der Waals surface area contributed by atoms with E-state index in [1.165, 1.54) is 16.3 Å². The summed E-state index contributed by atoms with van der Waals surface area (Å²) in [5.41, 5.74) is 1.38. The summed E-state index contributed by atoms with van der Waals surface area (Å²) in [6.45, 7) is 0. The molecule has 0 N–H and O–H groups in total. The quantitative estimate of drug-likeness (QED) is 0.592. The first-order valence-electron chi connectivity index (χ1n) is 6.48. The van der Waals surface area contributed by atoms with Gasteiger partial charge in [-0.2, -0.15) is 0 Å². The van der Waals surface area contributed by atoms with Crippen molar-refractivity contribution in [2.24, 2.45) is 0 Å². The third-order valence-electron chi connectivity index (χ3n) is 3.61. The van der Waals surface area contributed by atoms with Crippen LogP contribution in [0.15, 0.2) is 70.8 Å². The van der Waals surface area contributed by atoms with E-state index in [1.807, 2.05) is 0 Å². The van der Waals surface area contributed by atoms with E-state index in [2.05, 4.69) is 76.8 Å². The molecule has 0 aromatic heterocycles. The van der Waals surface area contributed by atoms with Crippen molar-refractivity contribution in [3.63, 3.8) is 0 Å². The van der Waals surface area contributed by atoms with Crippen LogP contribution < -0.4 is 7.02 Å². The predicted octanol–water partition coefficient (Wildman–Crippen LogP) is 3.01. The van der Waals surface area contributed by atoms with Gasteiger partial charge in [0.15, 0.2) is 0 Å². The molecular formula is C18H13Sb. The topological polar surface area (TPSA) is 0 Å². The van der Waals surface area contributed by atoms with Gasteiger partial charge in [0.1, 0.15) is 0 Å². The Bertz CT molecular complexity index is 767. The molecule has 0 atom stereocenters. The van der Waals surface area contributed by atoms with Crippen molar-refractivity contribution in [1.82, 2.24) is 0 Å². The van der Waals surface area contributed by atoms with Crippen molar-refractivity contribution in [3.05, 3.63) is 76.3 Å². The summed E-state index contributed by atoms with van der Waals surface area (Å²) >= 11 is -1.68. The molecule has 3 aromatic rings. The van der Waals surface area contributed by atoms with Crippen LogP contribution in [0.25, 0.3) is 16.8 Å². The van der Waals surface area contributed by atoms with E-state index in [0.29, 0.717) is 0 Å². The van der Waals surface area contributed by atoms with Gasteiger partial charge in [0.25, 0.3) is 0 Å². The average molecular weight is 351 g/mol. The Balaban J connectivity index is 2.01. The van der Waals surface area contributed by atoms with E-state index in [1.54, 1.807) is 7.02 Å². The van der Waals surface area contributed by atoms with Crippen LogP contribution >= 0.6 is 0 Å². The van der Waals surface area contributed by atoms with Gasteiger partial charge in [0.2, 0.25) is 0 Å². The van der Waals surface area contributed by atoms with Crippen LogP contribution in [0.5, 0.6) is 0 Å². The zero-order valence-electron chi connectivity index (χ0n) is 10.5. The first kappa shape index (κ1) is 11.3. The second kappa shape index (κ2) is 4.54. The minimum absolute atomic E-state index is 1.38. The van der Waals surface area contributed by atoms with Crippen molar-refractivity contribution in [2.45, 2.75) is 0 Å². The van der Waals surface area contributed by atoms with E-state index in [0.717, 1.165) is 0 Å². The molecule has 0 spiro atoms. The van der Waals surface area contributed by atoms with Gasteiger partial charge in [-0.3, -0.25) is 0 Å². The van der Waals surface area contributed by atoms with Gasteiger partial charge >= 0.3 is 120 Å². The van der Waals surface area contributed by atoms with Crippen molar-refractivity contribution < 1.29 is 0 Å². The summed E-state index contributed by atoms with van der Waals surface area (Å²) in [4.78, 5) is 0. The number of hydrogen-bond donors (Lipinski definition) is 0. The van der Waals surface area contributed by atoms with Crippen LogP contribution in [0.3, 0.4) is 0 Å². The summed E-state index contributed by atoms with van der Waals surface area (Å²) in [6, 6.07) is 24.4. The van der Waals surface area contributed by atoms with Crippen molar-refractivity contribution in [2.75, 3.05) is 0 Å². The standard InChI is InChI=1S/C12H8.C6H5.Sb/c1-2-10-7-5-8-11-6-3-4-9-12(10)11;1-2-4-6-5-3-1;/h1-8H;1-5H;. The Hall–Kier alpha value is -1.52. The van der Waals surface area contributed by atoms with Crippen molar-refractivity contribution in [3.8, 4) is 0 Å². The fraction of sp³-hybridized carbons (Fsp3) is 0. The van der Waals surface area contributed by atoms with E-state index >= 15 is 0 Å². The van der Waals surface area contributed by atoms with Crippen molar-refractivity contribution in [1.29, 1.82) is 0 Å². The minimum atomic E-state index is -1.68. The Kier molecular flexibility index (Phi) is 2.71. The van der Waals surface area contributed by atoms with Gasteiger partial charge in [-0.15, -0.1) is 0 Å². The third kappa shape index (κ3) is 1.83. The van der Waals surface area contributed by atoms with E-state index in [9.17, 15) is 0 Å². The van der Waals surface area contributed by atoms with Crippen LogP contribution in [0.4, 0.5) is 0 Å². The summed E-state index contributed by atoms with van der Waals surface area (Å²) in [5.74, 6) is 0. The molecule has 0 saturated carbocycles. The SMILES string of the molecule is C1=[CH][Sb]([c]2ccccc2)[c]2cccc3cccc1c23. The number of rotatable bonds is 1. The number of hydrogen-bond acceptors (Lipinski definition) is 0. The molecule has 4 rings (SSSR count). The summed E-state index contributed by atoms with van der Waals surface area (Å²) < 4.78 is 5.64. The average Bonchev–Trinajstić information content (AvgIpc) is 2.49. The van der Waals surface area contributed by atoms with E-state index < -0.39 is 20.2 Å². The first-order valence-corrected chi connectivity index (χ1v) is 10.5. The molecular weight excluding hydrogens is 338 g/mol. The van der Waals surface area contributed by atoms with Crippen LogP contribution in [-0.4, -0.2) is 20.2 Å². The molecule has 0 amide bonds. The molecule has 1 aliphatic rings. The molecule has 0 nitrogen and oxygen atoms in total. The van der Waals surface area contributed by atoms with Gasteiger partial charge < -0.3 is 0 Å². The third-order valence-corrected chi connectivity index (χ3v) is 9.87. The Labute approximate surface area is 120 Å². The van der Waals surface area contributed by atoms with Gasteiger partial charge in [-0.1, -0.05) is 0 Å². The molecule has 90 valence electrons. The molecule has 0 bridgehead atoms. The maximum absolute atomic E-state index is 2.50. The summed E-state index contributed by atoms with van der Waals surface area (Å²) in [5, 5.41) is 2.86. The first-order chi connectivity index (χ1) is 9.43. The molecule has 0 aliphatic carbocycles. The maximum atomic E-state index is 2.50. The van der Waals surface area contributed by atoms with Gasteiger partial charge in [0, 0.05) is 0 Å². The van der Waals surface area contributed by atoms with Gasteiger partial charge in [-0.05, 0) is 0 Å². The van der Waals surface area contributed by atoms with E-state index in [4.69, 9.17) is 0 Å². The van der Waals surface area contributed by atoms with Crippen LogP contribution in [0, 0.1) is 0 Å². The summed E-state index contributed by atoms with van der Waals surface area (Å²) in [7, 11) is 0. The molecule has 1 heteroatoms. The second-order valence-electron chi connectivity index (χ2n) is 4.74. The number of benzene rings is 3. The molecule has 0 radical (unpaired) electrons. The molecule has 0 unspecified atom stereocenters. The van der Waals surface area contributed by atoms with Crippen LogP contribution in [0.2, 0.25) is 0 Å². The van der Waals surface area contributed by atoms with Gasteiger partial charge in [-0.25, -0.2) is 0 Å². The van der Waals surface area contributed by atoms with Crippen LogP contribution in [0.1, 0.15) is 5.56 Å². The molecule has 0 saturated heterocycles. The van der Waals surface area contributed by atoms with Crippen LogP contribution in [-0.2, 0) is 0 Å². The summed E-state index contributed by atoms with van der Waals surface area (Å²) in [6.07, 6.45) is 2.34. The molecule has 0 fully saturated rings. The van der Waals surface area contributed by atoms with E-state index in [-0.39, 0.29) is 0 Å². The molecule has 19 heavy (non-hydrogen) atoms. The second-order valence-corrected chi connectivity index (χ2v) is 10.6. The fourth-order valence-corrected chi connectivity index (χ4v) is 8.90. The zero-order valence-corrected chi connectivity index (χ0v) is 13.0. The van der Waals surface area contributed by atoms with Crippen molar-refractivity contribution >= 4 is 44.1 Å². The normalized spacial score (nSPS) is 13.9. The molecule has 3 aromatic carbocycles.